The molecule has 11 heteroatoms. The summed E-state index contributed by atoms with van der Waals surface area (Å²) in [5.41, 5.74) is 13.7. The van der Waals surface area contributed by atoms with Crippen molar-refractivity contribution in [3.8, 4) is 0 Å². The highest BCUT2D eigenvalue weighted by atomic mass is 16.6. The van der Waals surface area contributed by atoms with Crippen molar-refractivity contribution in [1.29, 1.82) is 0 Å². The maximum Gasteiger partial charge on any atom is 0.418 e. The molecule has 0 spiro atoms. The number of anilines is 1. The molecule has 0 bridgehead atoms. The molecule has 0 radical (unpaired) electrons. The molecule has 3 aromatic rings. The first-order chi connectivity index (χ1) is 21.2. The highest BCUT2D eigenvalue weighted by Gasteiger charge is 2.41. The number of aryl methyl sites for hydroxylation is 1. The van der Waals surface area contributed by atoms with Crippen molar-refractivity contribution in [3.63, 3.8) is 0 Å². The second-order valence-corrected chi connectivity index (χ2v) is 10.8. The van der Waals surface area contributed by atoms with Crippen LogP contribution < -0.4 is 21.7 Å². The lowest BCUT2D eigenvalue weighted by Gasteiger charge is -2.36. The van der Waals surface area contributed by atoms with Crippen molar-refractivity contribution in [2.24, 2.45) is 11.5 Å². The Kier molecular flexibility index (Phi) is 11.4. The fourth-order valence-electron chi connectivity index (χ4n) is 5.27. The summed E-state index contributed by atoms with van der Waals surface area (Å²) in [7, 11) is 0. The quantitative estimate of drug-likeness (QED) is 0.217. The number of hydrogen-bond acceptors (Lipinski definition) is 8. The minimum absolute atomic E-state index is 0.0861. The summed E-state index contributed by atoms with van der Waals surface area (Å²) in [5, 5.41) is 14.3. The van der Waals surface area contributed by atoms with Crippen LogP contribution in [0, 0.1) is 0 Å². The number of rotatable bonds is 13. The zero-order chi connectivity index (χ0) is 31.5. The van der Waals surface area contributed by atoms with Crippen LogP contribution in [0.25, 0.3) is 0 Å². The summed E-state index contributed by atoms with van der Waals surface area (Å²) < 4.78 is 5.48. The summed E-state index contributed by atoms with van der Waals surface area (Å²) in [5.74, 6) is -2.34. The predicted octanol–water partition coefficient (Wildman–Crippen LogP) is 2.46. The van der Waals surface area contributed by atoms with Crippen molar-refractivity contribution in [2.75, 3.05) is 11.4 Å². The van der Waals surface area contributed by atoms with Gasteiger partial charge < -0.3 is 31.5 Å². The first kappa shape index (κ1) is 32.2. The lowest BCUT2D eigenvalue weighted by atomic mass is 10.0. The van der Waals surface area contributed by atoms with Crippen molar-refractivity contribution < 1.29 is 29.0 Å². The molecule has 3 aromatic carbocycles. The number of imide groups is 1. The monoisotopic (exact) mass is 601 g/mol. The van der Waals surface area contributed by atoms with Crippen molar-refractivity contribution in [1.82, 2.24) is 10.2 Å². The van der Waals surface area contributed by atoms with E-state index in [1.165, 1.54) is 0 Å². The van der Waals surface area contributed by atoms with Crippen LogP contribution in [0.2, 0.25) is 0 Å². The number of aliphatic hydroxyl groups excluding tert-OH is 1. The lowest BCUT2D eigenvalue weighted by Crippen LogP contribution is -2.63. The highest BCUT2D eigenvalue weighted by Crippen LogP contribution is 2.26. The van der Waals surface area contributed by atoms with Crippen molar-refractivity contribution in [2.45, 2.75) is 63.1 Å². The fourth-order valence-corrected chi connectivity index (χ4v) is 5.27. The van der Waals surface area contributed by atoms with Gasteiger partial charge in [-0.1, -0.05) is 78.9 Å². The van der Waals surface area contributed by atoms with E-state index in [-0.39, 0.29) is 13.0 Å². The Labute approximate surface area is 256 Å². The van der Waals surface area contributed by atoms with E-state index in [1.807, 2.05) is 65.6 Å². The molecule has 1 fully saturated rings. The van der Waals surface area contributed by atoms with Gasteiger partial charge in [0.15, 0.2) is 0 Å². The summed E-state index contributed by atoms with van der Waals surface area (Å²) in [6.07, 6.45) is -2.87. The normalized spacial score (nSPS) is 16.4. The van der Waals surface area contributed by atoms with Crippen LogP contribution in [0.5, 0.6) is 0 Å². The molecule has 1 heterocycles. The van der Waals surface area contributed by atoms with Crippen LogP contribution in [0.3, 0.4) is 0 Å². The van der Waals surface area contributed by atoms with Crippen molar-refractivity contribution in [3.05, 3.63) is 102 Å². The van der Waals surface area contributed by atoms with Crippen LogP contribution in [-0.4, -0.2) is 64.7 Å². The molecular formula is C33H39N5O6. The van der Waals surface area contributed by atoms with Gasteiger partial charge in [-0.25, -0.2) is 9.69 Å². The fraction of sp³-hybridized carbons (Fsp3) is 0.333. The summed E-state index contributed by atoms with van der Waals surface area (Å²) in [4.78, 5) is 55.3. The SMILES string of the molecule is NC(=O)C[C@H](N)C(=O)N(C(=O)OCc1ccccc1)C(NC(=O)[C@H]1CCCN1c1ccccc1)C(O)CCc1ccccc1. The van der Waals surface area contributed by atoms with Gasteiger partial charge in [-0.15, -0.1) is 0 Å². The molecule has 2 unspecified atom stereocenters. The second kappa shape index (κ2) is 15.6. The smallest absolute Gasteiger partial charge is 0.418 e. The number of primary amides is 1. The number of carbonyl (C=O) groups is 4. The minimum atomic E-state index is -1.54. The van der Waals surface area contributed by atoms with Crippen LogP contribution in [0.15, 0.2) is 91.0 Å². The number of benzene rings is 3. The molecule has 11 nitrogen and oxygen atoms in total. The molecule has 0 aromatic heterocycles. The largest absolute Gasteiger partial charge is 0.444 e. The van der Waals surface area contributed by atoms with Gasteiger partial charge in [-0.05, 0) is 48.9 Å². The van der Waals surface area contributed by atoms with E-state index in [4.69, 9.17) is 16.2 Å². The predicted molar refractivity (Wildman–Crippen MR) is 165 cm³/mol. The molecule has 1 aliphatic rings. The summed E-state index contributed by atoms with van der Waals surface area (Å²) >= 11 is 0. The molecule has 4 amide bonds. The van der Waals surface area contributed by atoms with E-state index < -0.39 is 54.6 Å². The Balaban J connectivity index is 1.64. The molecule has 6 N–H and O–H groups in total. The first-order valence-corrected chi connectivity index (χ1v) is 14.7. The number of ether oxygens (including phenoxy) is 1. The van der Waals surface area contributed by atoms with E-state index in [2.05, 4.69) is 5.32 Å². The third-order valence-corrected chi connectivity index (χ3v) is 7.53. The highest BCUT2D eigenvalue weighted by molar-refractivity contribution is 5.98. The van der Waals surface area contributed by atoms with Gasteiger partial charge in [0.1, 0.15) is 18.8 Å². The lowest BCUT2D eigenvalue weighted by molar-refractivity contribution is -0.140. The molecule has 4 atom stereocenters. The van der Waals surface area contributed by atoms with Gasteiger partial charge in [-0.3, -0.25) is 14.4 Å². The average Bonchev–Trinajstić information content (AvgIpc) is 3.54. The number of nitrogens with one attached hydrogen (secondary N) is 1. The Morgan fingerprint density at radius 3 is 2.14 bits per heavy atom. The molecule has 1 aliphatic heterocycles. The number of aliphatic hydroxyl groups is 1. The Bertz CT molecular complexity index is 1390. The molecule has 0 saturated carbocycles. The Morgan fingerprint density at radius 2 is 1.52 bits per heavy atom. The van der Waals surface area contributed by atoms with Crippen LogP contribution in [-0.2, 0) is 32.1 Å². The van der Waals surface area contributed by atoms with Gasteiger partial charge in [0, 0.05) is 12.2 Å². The average molecular weight is 602 g/mol. The number of carbonyl (C=O) groups excluding carboxylic acids is 4. The van der Waals surface area contributed by atoms with Gasteiger partial charge in [0.2, 0.25) is 11.8 Å². The van der Waals surface area contributed by atoms with E-state index in [9.17, 15) is 24.3 Å². The number of para-hydroxylation sites is 1. The van der Waals surface area contributed by atoms with Gasteiger partial charge in [-0.2, -0.15) is 0 Å². The van der Waals surface area contributed by atoms with Crippen LogP contribution in [0.4, 0.5) is 10.5 Å². The van der Waals surface area contributed by atoms with Gasteiger partial charge >= 0.3 is 6.09 Å². The van der Waals surface area contributed by atoms with E-state index in [0.29, 0.717) is 29.8 Å². The molecule has 0 aliphatic carbocycles. The minimum Gasteiger partial charge on any atom is -0.444 e. The second-order valence-electron chi connectivity index (χ2n) is 10.8. The van der Waals surface area contributed by atoms with Gasteiger partial charge in [0.05, 0.1) is 18.6 Å². The standard InChI is InChI=1S/C33H39N5O6/c34-26(21-29(35)40)32(42)38(33(43)44-22-24-13-6-2-7-14-24)30(28(39)19-18-23-11-4-1-5-12-23)36-31(41)27-17-10-20-37(27)25-15-8-3-9-16-25/h1-9,11-16,26-28,30,39H,10,17-22,34H2,(H2,35,40)(H,36,41)/t26-,27+,28?,30?/m0/s1. The molecule has 232 valence electrons. The molecular weight excluding hydrogens is 562 g/mol. The molecule has 44 heavy (non-hydrogen) atoms. The van der Waals surface area contributed by atoms with Gasteiger partial charge in [0.25, 0.3) is 5.91 Å². The topological polar surface area (TPSA) is 168 Å². The molecule has 1 saturated heterocycles. The Hall–Kier alpha value is -4.74. The number of amides is 4. The van der Waals surface area contributed by atoms with Crippen LogP contribution in [0.1, 0.15) is 36.8 Å². The molecule has 4 rings (SSSR count). The zero-order valence-corrected chi connectivity index (χ0v) is 24.5. The summed E-state index contributed by atoms with van der Waals surface area (Å²) in [6, 6.07) is 25.5. The number of nitrogens with zero attached hydrogens (tertiary/aromatic N) is 2. The zero-order valence-electron chi connectivity index (χ0n) is 24.5. The van der Waals surface area contributed by atoms with E-state index >= 15 is 0 Å². The maximum absolute atomic E-state index is 13.8. The number of hydrogen-bond donors (Lipinski definition) is 4. The first-order valence-electron chi connectivity index (χ1n) is 14.7. The van der Waals surface area contributed by atoms with E-state index in [0.717, 1.165) is 17.7 Å². The van der Waals surface area contributed by atoms with E-state index in [1.54, 1.807) is 30.3 Å². The number of nitrogens with two attached hydrogens (primary N) is 2. The van der Waals surface area contributed by atoms with Crippen molar-refractivity contribution >= 4 is 29.5 Å². The third kappa shape index (κ3) is 8.65. The summed E-state index contributed by atoms with van der Waals surface area (Å²) in [6.45, 7) is 0.453. The third-order valence-electron chi connectivity index (χ3n) is 7.53. The Morgan fingerprint density at radius 1 is 0.932 bits per heavy atom. The van der Waals surface area contributed by atoms with Crippen LogP contribution >= 0.6 is 0 Å². The maximum atomic E-state index is 13.8.